The second kappa shape index (κ2) is 4.65. The van der Waals surface area contributed by atoms with Crippen LogP contribution in [0.25, 0.3) is 11.1 Å². The van der Waals surface area contributed by atoms with Crippen molar-refractivity contribution in [3.8, 4) is 16.9 Å². The fourth-order valence-corrected chi connectivity index (χ4v) is 2.59. The zero-order chi connectivity index (χ0) is 11.5. The van der Waals surface area contributed by atoms with Gasteiger partial charge in [-0.25, -0.2) is 0 Å². The van der Waals surface area contributed by atoms with Gasteiger partial charge in [-0.3, -0.25) is 0 Å². The highest BCUT2D eigenvalue weighted by atomic mass is 35.7. The van der Waals surface area contributed by atoms with Crippen molar-refractivity contribution in [2.45, 2.75) is 0 Å². The van der Waals surface area contributed by atoms with Gasteiger partial charge in [0.25, 0.3) is 0 Å². The number of phenolic OH excluding ortho intramolecular Hbond substituents is 1. The molecule has 0 aromatic heterocycles. The van der Waals surface area contributed by atoms with Crippen LogP contribution in [0.3, 0.4) is 0 Å². The van der Waals surface area contributed by atoms with E-state index in [1.165, 1.54) is 0 Å². The molecule has 0 aliphatic rings. The van der Waals surface area contributed by atoms with Crippen LogP contribution >= 0.6 is 18.4 Å². The topological polar surface area (TPSA) is 37.3 Å². The van der Waals surface area contributed by atoms with Crippen molar-refractivity contribution in [3.63, 3.8) is 0 Å². The smallest absolute Gasteiger partial charge is 0.494 e. The lowest BCUT2D eigenvalue weighted by Crippen LogP contribution is -1.98. The molecular formula is C12H9ClO2P+. The van der Waals surface area contributed by atoms with Gasteiger partial charge in [-0.2, -0.15) is 0 Å². The summed E-state index contributed by atoms with van der Waals surface area (Å²) in [4.78, 5) is 0. The average molecular weight is 252 g/mol. The molecule has 0 bridgehead atoms. The Kier molecular flexibility index (Phi) is 3.23. The lowest BCUT2D eigenvalue weighted by Gasteiger charge is -2.03. The first-order valence-electron chi connectivity index (χ1n) is 4.70. The van der Waals surface area contributed by atoms with E-state index >= 15 is 0 Å². The van der Waals surface area contributed by atoms with Gasteiger partial charge in [0.05, 0.1) is 0 Å². The van der Waals surface area contributed by atoms with Gasteiger partial charge in [-0.1, -0.05) is 30.3 Å². The number of aromatic hydroxyl groups is 1. The van der Waals surface area contributed by atoms with Crippen molar-refractivity contribution in [2.24, 2.45) is 0 Å². The van der Waals surface area contributed by atoms with Crippen molar-refractivity contribution in [2.75, 3.05) is 0 Å². The van der Waals surface area contributed by atoms with E-state index < -0.39 is 7.15 Å². The molecule has 1 N–H and O–H groups in total. The van der Waals surface area contributed by atoms with Gasteiger partial charge in [-0.15, -0.1) is 0 Å². The fraction of sp³-hybridized carbons (Fsp3) is 0. The van der Waals surface area contributed by atoms with Crippen molar-refractivity contribution < 1.29 is 9.67 Å². The summed E-state index contributed by atoms with van der Waals surface area (Å²) in [5.41, 5.74) is 1.35. The Balaban J connectivity index is 2.65. The van der Waals surface area contributed by atoms with Crippen molar-refractivity contribution in [1.82, 2.24) is 0 Å². The molecule has 2 aromatic rings. The van der Waals surface area contributed by atoms with E-state index in [9.17, 15) is 9.67 Å². The second-order valence-corrected chi connectivity index (χ2v) is 5.17. The van der Waals surface area contributed by atoms with E-state index in [1.54, 1.807) is 36.4 Å². The van der Waals surface area contributed by atoms with E-state index in [0.717, 1.165) is 0 Å². The molecule has 2 nitrogen and oxygen atoms in total. The minimum absolute atomic E-state index is 0.156. The number of rotatable bonds is 2. The van der Waals surface area contributed by atoms with Crippen LogP contribution < -0.4 is 5.30 Å². The molecule has 0 aliphatic carbocycles. The molecule has 0 saturated heterocycles. The third kappa shape index (κ3) is 2.08. The summed E-state index contributed by atoms with van der Waals surface area (Å²) >= 11 is 5.64. The summed E-state index contributed by atoms with van der Waals surface area (Å²) in [5, 5.41) is 10.3. The molecular weight excluding hydrogens is 243 g/mol. The van der Waals surface area contributed by atoms with Crippen LogP contribution in [0.1, 0.15) is 0 Å². The monoisotopic (exact) mass is 251 g/mol. The number of benzene rings is 2. The first-order chi connectivity index (χ1) is 7.70. The van der Waals surface area contributed by atoms with Crippen molar-refractivity contribution in [1.29, 1.82) is 0 Å². The standard InChI is InChI=1S/C12H8ClO2P/c13-16(15)12-8-4-2-6-10(12)9-5-1-3-7-11(9)14/h1-8H/p+1. The summed E-state index contributed by atoms with van der Waals surface area (Å²) < 4.78 is 11.4. The lowest BCUT2D eigenvalue weighted by atomic mass is 10.0. The van der Waals surface area contributed by atoms with Gasteiger partial charge in [0.2, 0.25) is 16.5 Å². The molecule has 80 valence electrons. The van der Waals surface area contributed by atoms with Gasteiger partial charge < -0.3 is 5.11 Å². The molecule has 0 fully saturated rings. The fourth-order valence-electron chi connectivity index (χ4n) is 1.56. The number of phenols is 1. The SMILES string of the molecule is O=[P+](Cl)c1ccccc1-c1ccccc1O. The zero-order valence-corrected chi connectivity index (χ0v) is 9.95. The summed E-state index contributed by atoms with van der Waals surface area (Å²) in [7, 11) is -1.94. The third-order valence-corrected chi connectivity index (χ3v) is 3.60. The Morgan fingerprint density at radius 1 is 0.938 bits per heavy atom. The summed E-state index contributed by atoms with van der Waals surface area (Å²) in [6, 6.07) is 14.0. The number of hydrogen-bond acceptors (Lipinski definition) is 2. The van der Waals surface area contributed by atoms with Crippen LogP contribution in [0.4, 0.5) is 0 Å². The van der Waals surface area contributed by atoms with Crippen molar-refractivity contribution in [3.05, 3.63) is 48.5 Å². The van der Waals surface area contributed by atoms with Crippen LogP contribution in [-0.2, 0) is 4.57 Å². The van der Waals surface area contributed by atoms with Crippen LogP contribution in [-0.4, -0.2) is 5.11 Å². The Morgan fingerprint density at radius 2 is 1.50 bits per heavy atom. The highest BCUT2D eigenvalue weighted by Gasteiger charge is 2.23. The van der Waals surface area contributed by atoms with Crippen LogP contribution in [0.5, 0.6) is 5.75 Å². The Labute approximate surface area is 99.1 Å². The van der Waals surface area contributed by atoms with Gasteiger partial charge >= 0.3 is 7.15 Å². The molecule has 1 unspecified atom stereocenters. The maximum Gasteiger partial charge on any atom is 0.494 e. The molecule has 0 spiro atoms. The van der Waals surface area contributed by atoms with Crippen LogP contribution in [0.2, 0.25) is 0 Å². The molecule has 0 aliphatic heterocycles. The predicted molar refractivity (Wildman–Crippen MR) is 66.6 cm³/mol. The first kappa shape index (κ1) is 11.1. The number of halogens is 1. The minimum atomic E-state index is -1.94. The Morgan fingerprint density at radius 3 is 2.12 bits per heavy atom. The highest BCUT2D eigenvalue weighted by Crippen LogP contribution is 2.34. The molecule has 0 heterocycles. The van der Waals surface area contributed by atoms with E-state index in [0.29, 0.717) is 16.4 Å². The van der Waals surface area contributed by atoms with Gasteiger partial charge in [0.15, 0.2) is 0 Å². The second-order valence-electron chi connectivity index (χ2n) is 3.28. The summed E-state index contributed by atoms with van der Waals surface area (Å²) in [5.74, 6) is 0.156. The van der Waals surface area contributed by atoms with Crippen LogP contribution in [0.15, 0.2) is 48.5 Å². The molecule has 4 heteroatoms. The van der Waals surface area contributed by atoms with E-state index in [1.807, 2.05) is 12.1 Å². The number of para-hydroxylation sites is 1. The summed E-state index contributed by atoms with van der Waals surface area (Å²) in [6.07, 6.45) is 0. The normalized spacial score (nSPS) is 11.2. The number of hydrogen-bond donors (Lipinski definition) is 1. The van der Waals surface area contributed by atoms with Gasteiger partial charge in [0.1, 0.15) is 5.75 Å². The lowest BCUT2D eigenvalue weighted by molar-refractivity contribution is 0.477. The van der Waals surface area contributed by atoms with Gasteiger partial charge in [-0.05, 0) is 22.8 Å². The highest BCUT2D eigenvalue weighted by molar-refractivity contribution is 7.80. The maximum absolute atomic E-state index is 11.4. The molecule has 0 radical (unpaired) electrons. The molecule has 0 saturated carbocycles. The van der Waals surface area contributed by atoms with Crippen molar-refractivity contribution >= 4 is 23.7 Å². The largest absolute Gasteiger partial charge is 0.507 e. The quantitative estimate of drug-likeness (QED) is 0.827. The molecule has 1 atom stereocenters. The molecule has 2 rings (SSSR count). The Hall–Kier alpha value is -1.37. The molecule has 0 amide bonds. The zero-order valence-electron chi connectivity index (χ0n) is 8.30. The molecule has 16 heavy (non-hydrogen) atoms. The van der Waals surface area contributed by atoms with E-state index in [4.69, 9.17) is 11.2 Å². The minimum Gasteiger partial charge on any atom is -0.507 e. The molecule has 2 aromatic carbocycles. The predicted octanol–water partition coefficient (Wildman–Crippen LogP) is 3.67. The maximum atomic E-state index is 11.4. The third-order valence-electron chi connectivity index (χ3n) is 2.29. The van der Waals surface area contributed by atoms with E-state index in [2.05, 4.69) is 0 Å². The summed E-state index contributed by atoms with van der Waals surface area (Å²) in [6.45, 7) is 0. The van der Waals surface area contributed by atoms with Crippen LogP contribution in [0, 0.1) is 0 Å². The van der Waals surface area contributed by atoms with E-state index in [-0.39, 0.29) is 5.75 Å². The Bertz CT molecular complexity index is 540. The average Bonchev–Trinajstić information content (AvgIpc) is 2.29. The first-order valence-corrected chi connectivity index (χ1v) is 6.87. The van der Waals surface area contributed by atoms with Gasteiger partial charge in [0, 0.05) is 11.1 Å².